The number of guanidine groups is 1. The van der Waals surface area contributed by atoms with Crippen LogP contribution in [0.3, 0.4) is 0 Å². The van der Waals surface area contributed by atoms with Gasteiger partial charge in [-0.25, -0.2) is 0 Å². The zero-order chi connectivity index (χ0) is 17.6. The second kappa shape index (κ2) is 8.68. The fourth-order valence-electron chi connectivity index (χ4n) is 3.66. The van der Waals surface area contributed by atoms with Gasteiger partial charge in [-0.2, -0.15) is 0 Å². The van der Waals surface area contributed by atoms with E-state index in [1.54, 1.807) is 0 Å². The number of rotatable bonds is 6. The summed E-state index contributed by atoms with van der Waals surface area (Å²) in [6.07, 6.45) is 2.85. The highest BCUT2D eigenvalue weighted by molar-refractivity contribution is 5.80. The van der Waals surface area contributed by atoms with Crippen LogP contribution in [0.4, 0.5) is 0 Å². The van der Waals surface area contributed by atoms with Crippen molar-refractivity contribution in [2.45, 2.75) is 38.8 Å². The van der Waals surface area contributed by atoms with E-state index in [9.17, 15) is 0 Å². The van der Waals surface area contributed by atoms with Crippen LogP contribution in [0, 0.1) is 6.92 Å². The van der Waals surface area contributed by atoms with Gasteiger partial charge in [0, 0.05) is 32.7 Å². The van der Waals surface area contributed by atoms with Gasteiger partial charge in [-0.3, -0.25) is 9.89 Å². The van der Waals surface area contributed by atoms with E-state index in [1.165, 1.54) is 24.0 Å². The van der Waals surface area contributed by atoms with Gasteiger partial charge in [0.25, 0.3) is 0 Å². The van der Waals surface area contributed by atoms with Crippen molar-refractivity contribution in [1.82, 2.24) is 15.1 Å². The molecule has 1 aliphatic carbocycles. The smallest absolute Gasteiger partial charge is 0.193 e. The quantitative estimate of drug-likeness (QED) is 0.636. The Kier molecular flexibility index (Phi) is 6.32. The third-order valence-corrected chi connectivity index (χ3v) is 5.26. The van der Waals surface area contributed by atoms with Crippen molar-refractivity contribution in [3.63, 3.8) is 0 Å². The Morgan fingerprint density at radius 1 is 1.36 bits per heavy atom. The van der Waals surface area contributed by atoms with Gasteiger partial charge < -0.3 is 15.0 Å². The molecule has 1 heterocycles. The molecule has 1 unspecified atom stereocenters. The predicted octanol–water partition coefficient (Wildman–Crippen LogP) is 2.43. The number of aliphatic imine (C=N–C) groups is 1. The fourth-order valence-corrected chi connectivity index (χ4v) is 3.66. The summed E-state index contributed by atoms with van der Waals surface area (Å²) < 4.78 is 6.04. The lowest BCUT2D eigenvalue weighted by molar-refractivity contribution is -0.00833. The molecule has 1 aliphatic heterocycles. The number of aryl methyl sites for hydroxylation is 1. The van der Waals surface area contributed by atoms with Crippen LogP contribution in [0.15, 0.2) is 29.3 Å². The standard InChI is InChI=1S/C20H32N4O/c1-4-23(17-9-10-17)12-11-22-20(21-3)24-13-14-25-19(15-24)18-8-6-5-7-16(18)2/h5-8,17,19H,4,9-15H2,1-3H3,(H,21,22). The van der Waals surface area contributed by atoms with Gasteiger partial charge in [-0.1, -0.05) is 31.2 Å². The molecule has 138 valence electrons. The van der Waals surface area contributed by atoms with Crippen LogP contribution in [-0.2, 0) is 4.74 Å². The molecule has 2 fully saturated rings. The minimum Gasteiger partial charge on any atom is -0.370 e. The molecule has 25 heavy (non-hydrogen) atoms. The van der Waals surface area contributed by atoms with Gasteiger partial charge in [0.1, 0.15) is 6.10 Å². The summed E-state index contributed by atoms with van der Waals surface area (Å²) in [5, 5.41) is 3.55. The van der Waals surface area contributed by atoms with Crippen molar-refractivity contribution < 1.29 is 4.74 Å². The van der Waals surface area contributed by atoms with E-state index in [0.29, 0.717) is 0 Å². The van der Waals surface area contributed by atoms with E-state index in [0.717, 1.165) is 51.3 Å². The van der Waals surface area contributed by atoms with Gasteiger partial charge in [-0.15, -0.1) is 0 Å². The van der Waals surface area contributed by atoms with Gasteiger partial charge >= 0.3 is 0 Å². The maximum absolute atomic E-state index is 6.04. The van der Waals surface area contributed by atoms with Gasteiger partial charge in [0.15, 0.2) is 5.96 Å². The highest BCUT2D eigenvalue weighted by Crippen LogP contribution is 2.26. The lowest BCUT2D eigenvalue weighted by atomic mass is 10.0. The monoisotopic (exact) mass is 344 g/mol. The van der Waals surface area contributed by atoms with Gasteiger partial charge in [0.05, 0.1) is 13.2 Å². The molecule has 2 aliphatic rings. The molecular formula is C20H32N4O. The van der Waals surface area contributed by atoms with E-state index in [4.69, 9.17) is 4.74 Å². The molecule has 1 aromatic carbocycles. The Bertz CT molecular complexity index is 585. The molecule has 0 radical (unpaired) electrons. The van der Waals surface area contributed by atoms with Crippen LogP contribution in [0.2, 0.25) is 0 Å². The van der Waals surface area contributed by atoms with Crippen molar-refractivity contribution in [3.05, 3.63) is 35.4 Å². The van der Waals surface area contributed by atoms with E-state index < -0.39 is 0 Å². The predicted molar refractivity (Wildman–Crippen MR) is 103 cm³/mol. The third kappa shape index (κ3) is 4.73. The highest BCUT2D eigenvalue weighted by Gasteiger charge is 2.28. The number of hydrogen-bond acceptors (Lipinski definition) is 3. The summed E-state index contributed by atoms with van der Waals surface area (Å²) in [6, 6.07) is 9.33. The molecule has 1 N–H and O–H groups in total. The van der Waals surface area contributed by atoms with E-state index in [-0.39, 0.29) is 6.10 Å². The average Bonchev–Trinajstić information content (AvgIpc) is 3.47. The Hall–Kier alpha value is -1.59. The lowest BCUT2D eigenvalue weighted by Gasteiger charge is -2.36. The van der Waals surface area contributed by atoms with E-state index in [2.05, 4.69) is 58.2 Å². The Labute approximate surface area is 152 Å². The molecule has 1 saturated heterocycles. The summed E-state index contributed by atoms with van der Waals surface area (Å²) in [7, 11) is 1.87. The van der Waals surface area contributed by atoms with Crippen molar-refractivity contribution >= 4 is 5.96 Å². The average molecular weight is 345 g/mol. The summed E-state index contributed by atoms with van der Waals surface area (Å²) in [5.41, 5.74) is 2.58. The number of nitrogens with one attached hydrogen (secondary N) is 1. The summed E-state index contributed by atoms with van der Waals surface area (Å²) in [6.45, 7) is 10.1. The van der Waals surface area contributed by atoms with Crippen molar-refractivity contribution in [3.8, 4) is 0 Å². The second-order valence-corrected chi connectivity index (χ2v) is 7.00. The number of nitrogens with zero attached hydrogens (tertiary/aromatic N) is 3. The van der Waals surface area contributed by atoms with Gasteiger partial charge in [0.2, 0.25) is 0 Å². The summed E-state index contributed by atoms with van der Waals surface area (Å²) in [5.74, 6) is 0.994. The van der Waals surface area contributed by atoms with Crippen molar-refractivity contribution in [1.29, 1.82) is 0 Å². The molecule has 5 nitrogen and oxygen atoms in total. The Balaban J connectivity index is 1.54. The molecular weight excluding hydrogens is 312 g/mol. The lowest BCUT2D eigenvalue weighted by Crippen LogP contribution is -2.49. The Morgan fingerprint density at radius 3 is 2.84 bits per heavy atom. The summed E-state index contributed by atoms with van der Waals surface area (Å²) >= 11 is 0. The number of morpholine rings is 1. The minimum absolute atomic E-state index is 0.118. The zero-order valence-electron chi connectivity index (χ0n) is 15.9. The first kappa shape index (κ1) is 18.2. The normalized spacial score (nSPS) is 21.7. The molecule has 1 aromatic rings. The van der Waals surface area contributed by atoms with Crippen LogP contribution in [-0.4, -0.2) is 68.2 Å². The summed E-state index contributed by atoms with van der Waals surface area (Å²) in [4.78, 5) is 9.40. The third-order valence-electron chi connectivity index (χ3n) is 5.26. The molecule has 0 amide bonds. The first-order valence-electron chi connectivity index (χ1n) is 9.59. The Morgan fingerprint density at radius 2 is 2.16 bits per heavy atom. The zero-order valence-corrected chi connectivity index (χ0v) is 15.9. The molecule has 0 bridgehead atoms. The van der Waals surface area contributed by atoms with Gasteiger partial charge in [-0.05, 0) is 37.4 Å². The topological polar surface area (TPSA) is 40.1 Å². The van der Waals surface area contributed by atoms with Crippen LogP contribution >= 0.6 is 0 Å². The number of hydrogen-bond donors (Lipinski definition) is 1. The fraction of sp³-hybridized carbons (Fsp3) is 0.650. The van der Waals surface area contributed by atoms with Crippen molar-refractivity contribution in [2.75, 3.05) is 46.4 Å². The van der Waals surface area contributed by atoms with Crippen LogP contribution < -0.4 is 5.32 Å². The van der Waals surface area contributed by atoms with E-state index in [1.807, 2.05) is 7.05 Å². The number of likely N-dealkylation sites (N-methyl/N-ethyl adjacent to an activating group) is 1. The highest BCUT2D eigenvalue weighted by atomic mass is 16.5. The number of ether oxygens (including phenoxy) is 1. The maximum atomic E-state index is 6.04. The second-order valence-electron chi connectivity index (χ2n) is 7.00. The SMILES string of the molecule is CCN(CCNC(=NC)N1CCOC(c2ccccc2C)C1)C1CC1. The molecule has 0 aromatic heterocycles. The first-order chi connectivity index (χ1) is 12.2. The van der Waals surface area contributed by atoms with Crippen molar-refractivity contribution in [2.24, 2.45) is 4.99 Å². The van der Waals surface area contributed by atoms with Crippen LogP contribution in [0.5, 0.6) is 0 Å². The molecule has 3 rings (SSSR count). The first-order valence-corrected chi connectivity index (χ1v) is 9.59. The maximum Gasteiger partial charge on any atom is 0.193 e. The largest absolute Gasteiger partial charge is 0.370 e. The van der Waals surface area contributed by atoms with Crippen LogP contribution in [0.25, 0.3) is 0 Å². The molecule has 1 saturated carbocycles. The van der Waals surface area contributed by atoms with E-state index >= 15 is 0 Å². The number of benzene rings is 1. The minimum atomic E-state index is 0.118. The molecule has 1 atom stereocenters. The molecule has 0 spiro atoms. The molecule has 5 heteroatoms. The van der Waals surface area contributed by atoms with Crippen LogP contribution in [0.1, 0.15) is 37.0 Å².